The Morgan fingerprint density at radius 3 is 2.81 bits per heavy atom. The molecule has 10 nitrogen and oxygen atoms in total. The van der Waals surface area contributed by atoms with Crippen LogP contribution in [0.25, 0.3) is 11.2 Å². The van der Waals surface area contributed by atoms with Gasteiger partial charge in [-0.05, 0) is 43.7 Å². The highest BCUT2D eigenvalue weighted by atomic mass is 32.2. The lowest BCUT2D eigenvalue weighted by atomic mass is 10.1. The van der Waals surface area contributed by atoms with E-state index in [-0.39, 0.29) is 18.5 Å². The molecular formula is C24H38N6O4SSi. The molecule has 1 saturated carbocycles. The molecule has 1 saturated heterocycles. The number of aromatic nitrogens is 3. The smallest absolute Gasteiger partial charge is 0.320 e. The largest absolute Gasteiger partial charge is 0.361 e. The molecule has 2 aromatic heterocycles. The van der Waals surface area contributed by atoms with E-state index in [0.29, 0.717) is 43.1 Å². The van der Waals surface area contributed by atoms with Crippen LogP contribution in [0, 0.1) is 5.92 Å². The summed E-state index contributed by atoms with van der Waals surface area (Å²) in [7, 11) is -4.61. The van der Waals surface area contributed by atoms with Crippen molar-refractivity contribution >= 4 is 41.1 Å². The highest BCUT2D eigenvalue weighted by molar-refractivity contribution is 7.89. The number of nitrogens with one attached hydrogen (secondary N) is 2. The van der Waals surface area contributed by atoms with E-state index in [1.54, 1.807) is 6.08 Å². The van der Waals surface area contributed by atoms with Crippen molar-refractivity contribution < 1.29 is 17.9 Å². The monoisotopic (exact) mass is 534 g/mol. The quantitative estimate of drug-likeness (QED) is 0.258. The SMILES string of the molecule is C=CC(C1CC1)S(=O)(=O)N1CCCC(NC(=O)Nc2cnc3c(ccn3COCC[Si](C)(C)C)n2)C1. The lowest BCUT2D eigenvalue weighted by Crippen LogP contribution is -2.52. The van der Waals surface area contributed by atoms with Crippen molar-refractivity contribution in [2.45, 2.75) is 69.4 Å². The predicted octanol–water partition coefficient (Wildman–Crippen LogP) is 3.62. The molecule has 1 aliphatic carbocycles. The summed E-state index contributed by atoms with van der Waals surface area (Å²) in [4.78, 5) is 21.6. The number of sulfonamides is 1. The summed E-state index contributed by atoms with van der Waals surface area (Å²) in [5.41, 5.74) is 1.35. The molecular weight excluding hydrogens is 496 g/mol. The fourth-order valence-corrected chi connectivity index (χ4v) is 7.32. The first-order valence-corrected chi connectivity index (χ1v) is 17.9. The highest BCUT2D eigenvalue weighted by Gasteiger charge is 2.42. The normalized spacial score (nSPS) is 20.2. The average Bonchev–Trinajstić information content (AvgIpc) is 3.56. The van der Waals surface area contributed by atoms with Gasteiger partial charge in [0.25, 0.3) is 0 Å². The van der Waals surface area contributed by atoms with Crippen LogP contribution in [0.15, 0.2) is 31.1 Å². The Bertz CT molecular complexity index is 1190. The van der Waals surface area contributed by atoms with Crippen LogP contribution in [0.5, 0.6) is 0 Å². The zero-order valence-electron chi connectivity index (χ0n) is 21.4. The maximum Gasteiger partial charge on any atom is 0.320 e. The molecule has 2 aliphatic rings. The minimum absolute atomic E-state index is 0.171. The summed E-state index contributed by atoms with van der Waals surface area (Å²) >= 11 is 0. The Balaban J connectivity index is 1.31. The first-order chi connectivity index (χ1) is 17.1. The van der Waals surface area contributed by atoms with E-state index in [1.165, 1.54) is 10.5 Å². The molecule has 198 valence electrons. The van der Waals surface area contributed by atoms with E-state index in [1.807, 2.05) is 16.8 Å². The van der Waals surface area contributed by atoms with Crippen LogP contribution in [0.1, 0.15) is 25.7 Å². The Morgan fingerprint density at radius 2 is 2.11 bits per heavy atom. The van der Waals surface area contributed by atoms with Gasteiger partial charge in [-0.3, -0.25) is 5.32 Å². The van der Waals surface area contributed by atoms with Crippen molar-refractivity contribution in [1.82, 2.24) is 24.2 Å². The number of hydrogen-bond acceptors (Lipinski definition) is 6. The molecule has 2 fully saturated rings. The lowest BCUT2D eigenvalue weighted by Gasteiger charge is -2.34. The van der Waals surface area contributed by atoms with Gasteiger partial charge in [-0.25, -0.2) is 23.2 Å². The highest BCUT2D eigenvalue weighted by Crippen LogP contribution is 2.38. The number of hydrogen-bond donors (Lipinski definition) is 2. The molecule has 2 amide bonds. The van der Waals surface area contributed by atoms with E-state index >= 15 is 0 Å². The Morgan fingerprint density at radius 1 is 1.33 bits per heavy atom. The topological polar surface area (TPSA) is 118 Å². The molecule has 36 heavy (non-hydrogen) atoms. The molecule has 2 unspecified atom stereocenters. The second kappa shape index (κ2) is 11.0. The van der Waals surface area contributed by atoms with Crippen molar-refractivity contribution in [2.24, 2.45) is 5.92 Å². The van der Waals surface area contributed by atoms with E-state index in [9.17, 15) is 13.2 Å². The minimum Gasteiger partial charge on any atom is -0.361 e. The Hall–Kier alpha value is -2.28. The van der Waals surface area contributed by atoms with Crippen molar-refractivity contribution in [3.8, 4) is 0 Å². The number of piperidine rings is 1. The number of fused-ring (bicyclic) bond motifs is 1. The van der Waals surface area contributed by atoms with Gasteiger partial charge in [-0.2, -0.15) is 4.31 Å². The average molecular weight is 535 g/mol. The zero-order valence-corrected chi connectivity index (χ0v) is 23.3. The molecule has 0 aromatic carbocycles. The molecule has 0 bridgehead atoms. The second-order valence-electron chi connectivity index (χ2n) is 11.0. The number of carbonyl (C=O) groups excluding carboxylic acids is 1. The summed E-state index contributed by atoms with van der Waals surface area (Å²) in [6.45, 7) is 12.6. The van der Waals surface area contributed by atoms with Gasteiger partial charge in [0.05, 0.1) is 11.4 Å². The fourth-order valence-electron chi connectivity index (χ4n) is 4.45. The van der Waals surface area contributed by atoms with Crippen molar-refractivity contribution in [3.05, 3.63) is 31.1 Å². The van der Waals surface area contributed by atoms with Gasteiger partial charge >= 0.3 is 6.03 Å². The minimum atomic E-state index is -3.47. The molecule has 2 atom stereocenters. The van der Waals surface area contributed by atoms with E-state index in [0.717, 1.165) is 25.5 Å². The summed E-state index contributed by atoms with van der Waals surface area (Å²) in [6, 6.07) is 2.24. The fraction of sp³-hybridized carbons (Fsp3) is 0.625. The standard InChI is InChI=1S/C24H38N6O4SSi/c1-5-21(18-8-9-18)35(32,33)30-11-6-7-19(16-30)26-24(31)28-22-15-25-23-20(27-22)10-12-29(23)17-34-13-14-36(2,3)4/h5,10,12,15,18-19,21H,1,6-9,11,13-14,16-17H2,2-4H3,(H2,26,27,28,31). The molecule has 0 spiro atoms. The van der Waals surface area contributed by atoms with Crippen LogP contribution >= 0.6 is 0 Å². The van der Waals surface area contributed by atoms with Crippen molar-refractivity contribution in [2.75, 3.05) is 25.0 Å². The second-order valence-corrected chi connectivity index (χ2v) is 18.7. The Kier molecular flexibility index (Phi) is 8.17. The van der Waals surface area contributed by atoms with E-state index in [2.05, 4.69) is 46.8 Å². The maximum atomic E-state index is 13.1. The Labute approximate surface area is 214 Å². The van der Waals surface area contributed by atoms with Crippen LogP contribution in [0.4, 0.5) is 10.6 Å². The summed E-state index contributed by atoms with van der Waals surface area (Å²) in [5.74, 6) is 0.502. The summed E-state index contributed by atoms with van der Waals surface area (Å²) in [6.07, 6.45) is 8.20. The molecule has 4 rings (SSSR count). The van der Waals surface area contributed by atoms with Crippen LogP contribution in [0.3, 0.4) is 0 Å². The molecule has 1 aliphatic heterocycles. The summed E-state index contributed by atoms with van der Waals surface area (Å²) < 4.78 is 35.4. The van der Waals surface area contributed by atoms with Gasteiger partial charge in [0, 0.05) is 40.0 Å². The van der Waals surface area contributed by atoms with Crippen molar-refractivity contribution in [3.63, 3.8) is 0 Å². The van der Waals surface area contributed by atoms with Crippen molar-refractivity contribution in [1.29, 1.82) is 0 Å². The third-order valence-electron chi connectivity index (χ3n) is 6.67. The first-order valence-electron chi connectivity index (χ1n) is 12.7. The molecule has 0 radical (unpaired) electrons. The van der Waals surface area contributed by atoms with E-state index < -0.39 is 29.4 Å². The van der Waals surface area contributed by atoms with Gasteiger partial charge in [0.1, 0.15) is 12.2 Å². The third kappa shape index (κ3) is 6.72. The molecule has 2 aromatic rings. The van der Waals surface area contributed by atoms with Crippen LogP contribution in [-0.2, 0) is 21.5 Å². The van der Waals surface area contributed by atoms with Crippen LogP contribution in [-0.4, -0.2) is 72.4 Å². The number of amides is 2. The number of ether oxygens (including phenoxy) is 1. The lowest BCUT2D eigenvalue weighted by molar-refractivity contribution is 0.0899. The predicted molar refractivity (Wildman–Crippen MR) is 144 cm³/mol. The van der Waals surface area contributed by atoms with E-state index in [4.69, 9.17) is 4.74 Å². The zero-order chi connectivity index (χ0) is 25.9. The van der Waals surface area contributed by atoms with Gasteiger partial charge in [-0.1, -0.05) is 25.7 Å². The number of anilines is 1. The van der Waals surface area contributed by atoms with Crippen LogP contribution < -0.4 is 10.6 Å². The molecule has 12 heteroatoms. The number of rotatable bonds is 11. The summed E-state index contributed by atoms with van der Waals surface area (Å²) in [5, 5.41) is 5.09. The maximum absolute atomic E-state index is 13.1. The van der Waals surface area contributed by atoms with Gasteiger partial charge in [-0.15, -0.1) is 6.58 Å². The first kappa shape index (κ1) is 26.8. The molecule has 3 heterocycles. The van der Waals surface area contributed by atoms with Gasteiger partial charge in [0.2, 0.25) is 10.0 Å². The van der Waals surface area contributed by atoms with Gasteiger partial charge in [0.15, 0.2) is 11.5 Å². The number of nitrogens with zero attached hydrogens (tertiary/aromatic N) is 4. The van der Waals surface area contributed by atoms with Crippen LogP contribution in [0.2, 0.25) is 25.7 Å². The van der Waals surface area contributed by atoms with Gasteiger partial charge < -0.3 is 14.6 Å². The third-order valence-corrected chi connectivity index (χ3v) is 10.7. The number of urea groups is 1. The number of carbonyl (C=O) groups is 1. The molecule has 2 N–H and O–H groups in total.